The number of alkyl halides is 6. The molecule has 1 nitrogen and oxygen atoms in total. The molecule has 110 valence electrons. The fourth-order valence-corrected chi connectivity index (χ4v) is 1.49. The highest BCUT2D eigenvalue weighted by molar-refractivity contribution is 5.86. The quantitative estimate of drug-likeness (QED) is 0.438. The molecular formula is C13H10F6O. The third-order valence-corrected chi connectivity index (χ3v) is 2.79. The summed E-state index contributed by atoms with van der Waals surface area (Å²) in [4.78, 5) is 10.6. The first kappa shape index (κ1) is 16.3. The van der Waals surface area contributed by atoms with Gasteiger partial charge in [-0.05, 0) is 48.8 Å². The van der Waals surface area contributed by atoms with Crippen LogP contribution in [0.1, 0.15) is 30.5 Å². The van der Waals surface area contributed by atoms with Crippen molar-refractivity contribution in [2.45, 2.75) is 26.2 Å². The fraction of sp³-hybridized carbons (Fsp3) is 0.308. The van der Waals surface area contributed by atoms with Gasteiger partial charge in [0.2, 0.25) is 0 Å². The number of hydrogen-bond acceptors (Lipinski definition) is 1. The second-order valence-electron chi connectivity index (χ2n) is 4.22. The highest BCUT2D eigenvalue weighted by atomic mass is 19.4. The van der Waals surface area contributed by atoms with Crippen LogP contribution in [0, 0.1) is 0 Å². The molecule has 0 spiro atoms. The first-order valence-electron chi connectivity index (χ1n) is 5.39. The molecule has 0 unspecified atom stereocenters. The second kappa shape index (κ2) is 5.30. The summed E-state index contributed by atoms with van der Waals surface area (Å²) in [5.41, 5.74) is -2.95. The topological polar surface area (TPSA) is 17.1 Å². The van der Waals surface area contributed by atoms with Crippen molar-refractivity contribution in [1.82, 2.24) is 0 Å². The van der Waals surface area contributed by atoms with Gasteiger partial charge in [-0.1, -0.05) is 0 Å². The lowest BCUT2D eigenvalue weighted by Crippen LogP contribution is -2.11. The van der Waals surface area contributed by atoms with Gasteiger partial charge in [-0.15, -0.1) is 0 Å². The van der Waals surface area contributed by atoms with Gasteiger partial charge in [-0.2, -0.15) is 26.3 Å². The summed E-state index contributed by atoms with van der Waals surface area (Å²) in [6.07, 6.45) is -9.42. The van der Waals surface area contributed by atoms with Gasteiger partial charge in [0.25, 0.3) is 0 Å². The van der Waals surface area contributed by atoms with E-state index in [1.165, 1.54) is 13.8 Å². The molecule has 0 aromatic heterocycles. The number of allylic oxidation sites excluding steroid dienone is 2. The first-order chi connectivity index (χ1) is 8.96. The predicted octanol–water partition coefficient (Wildman–Crippen LogP) is 4.72. The van der Waals surface area contributed by atoms with Crippen molar-refractivity contribution in [2.75, 3.05) is 0 Å². The van der Waals surface area contributed by atoms with E-state index in [9.17, 15) is 31.1 Å². The molecule has 0 saturated heterocycles. The van der Waals surface area contributed by atoms with Gasteiger partial charge >= 0.3 is 12.4 Å². The molecule has 0 fully saturated rings. The van der Waals surface area contributed by atoms with Gasteiger partial charge in [0.1, 0.15) is 6.29 Å². The zero-order chi connectivity index (χ0) is 15.7. The Bertz CT molecular complexity index is 519. The van der Waals surface area contributed by atoms with Crippen LogP contribution < -0.4 is 0 Å². The van der Waals surface area contributed by atoms with Crippen molar-refractivity contribution >= 4 is 11.9 Å². The Morgan fingerprint density at radius 3 is 1.60 bits per heavy atom. The maximum Gasteiger partial charge on any atom is 0.416 e. The zero-order valence-electron chi connectivity index (χ0n) is 10.5. The van der Waals surface area contributed by atoms with Crippen LogP contribution in [0.5, 0.6) is 0 Å². The Morgan fingerprint density at radius 2 is 1.30 bits per heavy atom. The number of benzene rings is 1. The van der Waals surface area contributed by atoms with Crippen LogP contribution in [0.2, 0.25) is 0 Å². The summed E-state index contributed by atoms with van der Waals surface area (Å²) in [6.45, 7) is 2.61. The van der Waals surface area contributed by atoms with Gasteiger partial charge in [0.05, 0.1) is 11.1 Å². The lowest BCUT2D eigenvalue weighted by atomic mass is 9.97. The van der Waals surface area contributed by atoms with Crippen LogP contribution in [0.25, 0.3) is 5.57 Å². The molecule has 1 rings (SSSR count). The standard InChI is InChI=1S/C13H10F6O/c1-7(6-20)8(2)9-3-10(12(14,15)16)5-11(4-9)13(17,18)19/h3-6H,1-2H3/b8-7-. The molecule has 0 aliphatic carbocycles. The zero-order valence-corrected chi connectivity index (χ0v) is 10.5. The van der Waals surface area contributed by atoms with E-state index in [-0.39, 0.29) is 22.8 Å². The lowest BCUT2D eigenvalue weighted by molar-refractivity contribution is -0.143. The number of halogens is 6. The van der Waals surface area contributed by atoms with E-state index in [2.05, 4.69) is 0 Å². The Kier molecular flexibility index (Phi) is 4.31. The van der Waals surface area contributed by atoms with Crippen molar-refractivity contribution in [3.63, 3.8) is 0 Å². The number of rotatable bonds is 2. The van der Waals surface area contributed by atoms with Gasteiger partial charge < -0.3 is 0 Å². The van der Waals surface area contributed by atoms with Crippen molar-refractivity contribution in [3.05, 3.63) is 40.5 Å². The van der Waals surface area contributed by atoms with Gasteiger partial charge in [-0.25, -0.2) is 0 Å². The van der Waals surface area contributed by atoms with Crippen molar-refractivity contribution in [1.29, 1.82) is 0 Å². The van der Waals surface area contributed by atoms with Gasteiger partial charge in [0.15, 0.2) is 0 Å². The largest absolute Gasteiger partial charge is 0.416 e. The predicted molar refractivity (Wildman–Crippen MR) is 60.8 cm³/mol. The molecule has 0 radical (unpaired) electrons. The molecule has 1 aromatic carbocycles. The van der Waals surface area contributed by atoms with Crippen LogP contribution in [0.15, 0.2) is 23.8 Å². The molecule has 0 heterocycles. The molecule has 0 saturated carbocycles. The number of aldehydes is 1. The summed E-state index contributed by atoms with van der Waals surface area (Å²) in [5.74, 6) is 0. The Hall–Kier alpha value is -1.79. The maximum absolute atomic E-state index is 12.6. The van der Waals surface area contributed by atoms with Crippen molar-refractivity contribution < 1.29 is 31.1 Å². The summed E-state index contributed by atoms with van der Waals surface area (Å²) >= 11 is 0. The monoisotopic (exact) mass is 296 g/mol. The minimum Gasteiger partial charge on any atom is -0.298 e. The minimum absolute atomic E-state index is 0.0486. The normalized spacial score (nSPS) is 14.0. The van der Waals surface area contributed by atoms with Gasteiger partial charge in [0, 0.05) is 0 Å². The molecule has 20 heavy (non-hydrogen) atoms. The first-order valence-corrected chi connectivity index (χ1v) is 5.39. The summed E-state index contributed by atoms with van der Waals surface area (Å²) in [6, 6.07) is 1.24. The molecule has 0 N–H and O–H groups in total. The third-order valence-electron chi connectivity index (χ3n) is 2.79. The molecule has 7 heteroatoms. The smallest absolute Gasteiger partial charge is 0.298 e. The molecular weight excluding hydrogens is 286 g/mol. The van der Waals surface area contributed by atoms with Gasteiger partial charge in [-0.3, -0.25) is 4.79 Å². The minimum atomic E-state index is -4.90. The number of carbonyl (C=O) groups excluding carboxylic acids is 1. The molecule has 0 aliphatic heterocycles. The molecule has 0 atom stereocenters. The highest BCUT2D eigenvalue weighted by Crippen LogP contribution is 2.37. The maximum atomic E-state index is 12.6. The third kappa shape index (κ3) is 3.61. The van der Waals surface area contributed by atoms with E-state index in [0.29, 0.717) is 18.4 Å². The highest BCUT2D eigenvalue weighted by Gasteiger charge is 2.37. The van der Waals surface area contributed by atoms with E-state index >= 15 is 0 Å². The molecule has 0 bridgehead atoms. The average Bonchev–Trinajstić information content (AvgIpc) is 2.34. The van der Waals surface area contributed by atoms with Crippen LogP contribution in [0.4, 0.5) is 26.3 Å². The Labute approximate surface area is 110 Å². The summed E-state index contributed by atoms with van der Waals surface area (Å²) < 4.78 is 75.8. The lowest BCUT2D eigenvalue weighted by Gasteiger charge is -2.15. The van der Waals surface area contributed by atoms with Crippen LogP contribution >= 0.6 is 0 Å². The molecule has 0 aliphatic rings. The van der Waals surface area contributed by atoms with E-state index in [0.717, 1.165) is 0 Å². The summed E-state index contributed by atoms with van der Waals surface area (Å²) in [7, 11) is 0. The van der Waals surface area contributed by atoms with E-state index in [1.807, 2.05) is 0 Å². The Balaban J connectivity index is 3.59. The van der Waals surface area contributed by atoms with Crippen molar-refractivity contribution in [2.24, 2.45) is 0 Å². The number of hydrogen-bond donors (Lipinski definition) is 0. The molecule has 1 aromatic rings. The van der Waals surface area contributed by atoms with Crippen LogP contribution in [-0.4, -0.2) is 6.29 Å². The Morgan fingerprint density at radius 1 is 0.900 bits per heavy atom. The van der Waals surface area contributed by atoms with Crippen LogP contribution in [0.3, 0.4) is 0 Å². The van der Waals surface area contributed by atoms with E-state index in [1.54, 1.807) is 0 Å². The number of carbonyl (C=O) groups is 1. The summed E-state index contributed by atoms with van der Waals surface area (Å²) in [5, 5.41) is 0. The molecule has 0 amide bonds. The fourth-order valence-electron chi connectivity index (χ4n) is 1.49. The second-order valence-corrected chi connectivity index (χ2v) is 4.22. The van der Waals surface area contributed by atoms with E-state index in [4.69, 9.17) is 0 Å². The SMILES string of the molecule is C/C(C=O)=C(\C)c1cc(C(F)(F)F)cc(C(F)(F)F)c1. The van der Waals surface area contributed by atoms with E-state index < -0.39 is 23.5 Å². The van der Waals surface area contributed by atoms with Crippen molar-refractivity contribution in [3.8, 4) is 0 Å². The van der Waals surface area contributed by atoms with Crippen LogP contribution in [-0.2, 0) is 17.1 Å². The average molecular weight is 296 g/mol.